The van der Waals surface area contributed by atoms with E-state index in [1.165, 1.54) is 12.1 Å². The van der Waals surface area contributed by atoms with Crippen LogP contribution in [0.3, 0.4) is 0 Å². The number of hydrogen-bond acceptors (Lipinski definition) is 4. The number of carbonyl (C=O) groups excluding carboxylic acids is 1. The number of carboxylic acids is 1. The van der Waals surface area contributed by atoms with Gasteiger partial charge < -0.3 is 10.4 Å². The molecule has 2 heterocycles. The van der Waals surface area contributed by atoms with Crippen LogP contribution in [0.4, 0.5) is 0 Å². The summed E-state index contributed by atoms with van der Waals surface area (Å²) in [5.74, 6) is -1.31. The summed E-state index contributed by atoms with van der Waals surface area (Å²) < 4.78 is 1.66. The van der Waals surface area contributed by atoms with E-state index in [1.807, 2.05) is 0 Å². The summed E-state index contributed by atoms with van der Waals surface area (Å²) in [4.78, 5) is 23.0. The number of rotatable bonds is 4. The fourth-order valence-corrected chi connectivity index (χ4v) is 2.17. The van der Waals surface area contributed by atoms with Gasteiger partial charge in [0.25, 0.3) is 5.91 Å². The molecule has 6 nitrogen and oxygen atoms in total. The van der Waals surface area contributed by atoms with Gasteiger partial charge in [0.1, 0.15) is 4.88 Å². The Hall–Kier alpha value is -2.15. The Labute approximate surface area is 107 Å². The lowest BCUT2D eigenvalue weighted by Gasteiger charge is -2.03. The number of thiophene rings is 1. The predicted molar refractivity (Wildman–Crippen MR) is 65.7 cm³/mol. The molecule has 0 saturated heterocycles. The van der Waals surface area contributed by atoms with Crippen LogP contribution in [-0.2, 0) is 13.6 Å². The first-order chi connectivity index (χ1) is 8.58. The number of amides is 1. The van der Waals surface area contributed by atoms with Crippen molar-refractivity contribution in [3.8, 4) is 0 Å². The van der Waals surface area contributed by atoms with Crippen molar-refractivity contribution in [1.82, 2.24) is 15.1 Å². The average Bonchev–Trinajstić information content (AvgIpc) is 2.94. The van der Waals surface area contributed by atoms with Crippen molar-refractivity contribution in [3.05, 3.63) is 39.8 Å². The zero-order valence-electron chi connectivity index (χ0n) is 9.58. The molecular formula is C11H11N3O3S. The first kappa shape index (κ1) is 12.3. The molecule has 1 amide bonds. The van der Waals surface area contributed by atoms with Gasteiger partial charge in [-0.25, -0.2) is 4.79 Å². The summed E-state index contributed by atoms with van der Waals surface area (Å²) in [6.07, 6.45) is 1.65. The SMILES string of the molecule is Cn1nccc1CNC(=O)c1ccc(C(=O)O)s1. The number of aromatic carboxylic acids is 1. The number of carboxylic acid groups (broad SMARTS) is 1. The number of nitrogens with zero attached hydrogens (tertiary/aromatic N) is 2. The Kier molecular flexibility index (Phi) is 3.42. The molecule has 0 aliphatic rings. The summed E-state index contributed by atoms with van der Waals surface area (Å²) in [5.41, 5.74) is 0.873. The molecule has 18 heavy (non-hydrogen) atoms. The molecule has 2 rings (SSSR count). The lowest BCUT2D eigenvalue weighted by Crippen LogP contribution is -2.23. The second-order valence-electron chi connectivity index (χ2n) is 3.60. The highest BCUT2D eigenvalue weighted by atomic mass is 32.1. The van der Waals surface area contributed by atoms with Crippen molar-refractivity contribution in [2.24, 2.45) is 7.05 Å². The van der Waals surface area contributed by atoms with E-state index >= 15 is 0 Å². The highest BCUT2D eigenvalue weighted by Crippen LogP contribution is 2.16. The topological polar surface area (TPSA) is 84.2 Å². The monoisotopic (exact) mass is 265 g/mol. The van der Waals surface area contributed by atoms with E-state index in [2.05, 4.69) is 10.4 Å². The smallest absolute Gasteiger partial charge is 0.345 e. The third-order valence-corrected chi connectivity index (χ3v) is 3.47. The molecule has 0 spiro atoms. The molecule has 7 heteroatoms. The van der Waals surface area contributed by atoms with Gasteiger partial charge in [0.05, 0.1) is 17.1 Å². The molecule has 2 aromatic heterocycles. The van der Waals surface area contributed by atoms with Crippen LogP contribution >= 0.6 is 11.3 Å². The predicted octanol–water partition coefficient (Wildman–Crippen LogP) is 1.11. The first-order valence-corrected chi connectivity index (χ1v) is 5.98. The lowest BCUT2D eigenvalue weighted by atomic mass is 10.4. The minimum atomic E-state index is -1.02. The van der Waals surface area contributed by atoms with Crippen molar-refractivity contribution in [2.45, 2.75) is 6.54 Å². The number of hydrogen-bond donors (Lipinski definition) is 2. The van der Waals surface area contributed by atoms with E-state index in [0.717, 1.165) is 17.0 Å². The molecule has 0 unspecified atom stereocenters. The van der Waals surface area contributed by atoms with Gasteiger partial charge in [-0.1, -0.05) is 0 Å². The van der Waals surface area contributed by atoms with E-state index in [1.54, 1.807) is 24.0 Å². The van der Waals surface area contributed by atoms with Crippen molar-refractivity contribution in [1.29, 1.82) is 0 Å². The van der Waals surface area contributed by atoms with Crippen molar-refractivity contribution < 1.29 is 14.7 Å². The molecule has 94 valence electrons. The number of nitrogens with one attached hydrogen (secondary N) is 1. The Morgan fingerprint density at radius 2 is 2.11 bits per heavy atom. The van der Waals surface area contributed by atoms with Gasteiger partial charge in [-0.05, 0) is 18.2 Å². The maximum atomic E-state index is 11.8. The molecule has 0 radical (unpaired) electrons. The van der Waals surface area contributed by atoms with Gasteiger partial charge in [0.15, 0.2) is 0 Å². The summed E-state index contributed by atoms with van der Waals surface area (Å²) >= 11 is 0.956. The largest absolute Gasteiger partial charge is 0.477 e. The van der Waals surface area contributed by atoms with Crippen LogP contribution in [0.15, 0.2) is 24.4 Å². The van der Waals surface area contributed by atoms with Crippen LogP contribution in [-0.4, -0.2) is 26.8 Å². The first-order valence-electron chi connectivity index (χ1n) is 5.16. The zero-order chi connectivity index (χ0) is 13.1. The summed E-state index contributed by atoms with van der Waals surface area (Å²) in [7, 11) is 1.79. The van der Waals surface area contributed by atoms with E-state index in [9.17, 15) is 9.59 Å². The zero-order valence-corrected chi connectivity index (χ0v) is 10.4. The Morgan fingerprint density at radius 1 is 1.39 bits per heavy atom. The van der Waals surface area contributed by atoms with E-state index in [0.29, 0.717) is 11.4 Å². The second-order valence-corrected chi connectivity index (χ2v) is 4.68. The van der Waals surface area contributed by atoms with Gasteiger partial charge in [-0.2, -0.15) is 5.10 Å². The number of aromatic nitrogens is 2. The molecule has 0 bridgehead atoms. The molecule has 0 aromatic carbocycles. The lowest BCUT2D eigenvalue weighted by molar-refractivity contribution is 0.0702. The summed E-state index contributed by atoms with van der Waals surface area (Å²) in [5, 5.41) is 15.5. The standard InChI is InChI=1S/C11H11N3O3S/c1-14-7(4-5-13-14)6-12-10(15)8-2-3-9(18-8)11(16)17/h2-5H,6H2,1H3,(H,12,15)(H,16,17). The van der Waals surface area contributed by atoms with Crippen LogP contribution in [0.1, 0.15) is 25.0 Å². The molecule has 2 N–H and O–H groups in total. The van der Waals surface area contributed by atoms with E-state index < -0.39 is 5.97 Å². The highest BCUT2D eigenvalue weighted by Gasteiger charge is 2.12. The molecule has 0 aliphatic heterocycles. The number of aryl methyl sites for hydroxylation is 1. The van der Waals surface area contributed by atoms with Crippen LogP contribution in [0.25, 0.3) is 0 Å². The number of carbonyl (C=O) groups is 2. The van der Waals surface area contributed by atoms with Crippen molar-refractivity contribution >= 4 is 23.2 Å². The van der Waals surface area contributed by atoms with Crippen LogP contribution in [0.5, 0.6) is 0 Å². The van der Waals surface area contributed by atoms with Crippen LogP contribution in [0, 0.1) is 0 Å². The molecule has 0 fully saturated rings. The van der Waals surface area contributed by atoms with Crippen LogP contribution < -0.4 is 5.32 Å². The van der Waals surface area contributed by atoms with Gasteiger partial charge in [-0.15, -0.1) is 11.3 Å². The molecule has 0 atom stereocenters. The Bertz CT molecular complexity index is 588. The maximum Gasteiger partial charge on any atom is 0.345 e. The van der Waals surface area contributed by atoms with Crippen molar-refractivity contribution in [2.75, 3.05) is 0 Å². The fourth-order valence-electron chi connectivity index (χ4n) is 1.41. The quantitative estimate of drug-likeness (QED) is 0.867. The second kappa shape index (κ2) is 5.01. The Balaban J connectivity index is 1.99. The fraction of sp³-hybridized carbons (Fsp3) is 0.182. The third-order valence-electron chi connectivity index (χ3n) is 2.39. The minimum absolute atomic E-state index is 0.153. The highest BCUT2D eigenvalue weighted by molar-refractivity contribution is 7.15. The van der Waals surface area contributed by atoms with Gasteiger partial charge >= 0.3 is 5.97 Å². The maximum absolute atomic E-state index is 11.8. The van der Waals surface area contributed by atoms with Gasteiger partial charge in [-0.3, -0.25) is 9.48 Å². The summed E-state index contributed by atoms with van der Waals surface area (Å²) in [6.45, 7) is 0.357. The minimum Gasteiger partial charge on any atom is -0.477 e. The van der Waals surface area contributed by atoms with Crippen LogP contribution in [0.2, 0.25) is 0 Å². The normalized spacial score (nSPS) is 10.3. The molecular weight excluding hydrogens is 254 g/mol. The van der Waals surface area contributed by atoms with E-state index in [-0.39, 0.29) is 10.8 Å². The van der Waals surface area contributed by atoms with Gasteiger partial charge in [0.2, 0.25) is 0 Å². The third kappa shape index (κ3) is 2.57. The van der Waals surface area contributed by atoms with E-state index in [4.69, 9.17) is 5.11 Å². The summed E-state index contributed by atoms with van der Waals surface area (Å²) in [6, 6.07) is 4.73. The molecule has 2 aromatic rings. The van der Waals surface area contributed by atoms with Gasteiger partial charge in [0, 0.05) is 13.2 Å². The van der Waals surface area contributed by atoms with Crippen molar-refractivity contribution in [3.63, 3.8) is 0 Å². The molecule has 0 saturated carbocycles. The molecule has 0 aliphatic carbocycles. The Morgan fingerprint density at radius 3 is 2.67 bits per heavy atom. The average molecular weight is 265 g/mol.